The molecule has 0 unspecified atom stereocenters. The summed E-state index contributed by atoms with van der Waals surface area (Å²) in [5.41, 5.74) is 2.25. The number of fused-ring (bicyclic) bond motifs is 1. The molecule has 0 bridgehead atoms. The molecule has 0 fully saturated rings. The minimum Gasteiger partial charge on any atom is -0.486 e. The molecule has 1 aliphatic rings. The lowest BCUT2D eigenvalue weighted by molar-refractivity contribution is -0.137. The maximum atomic E-state index is 10.7. The van der Waals surface area contributed by atoms with Crippen LogP contribution in [-0.4, -0.2) is 24.3 Å². The highest BCUT2D eigenvalue weighted by atomic mass is 79.9. The molecular formula is C15H19BrO4. The van der Waals surface area contributed by atoms with Gasteiger partial charge in [0.1, 0.15) is 13.2 Å². The first-order valence-corrected chi connectivity index (χ1v) is 7.62. The van der Waals surface area contributed by atoms with Crippen LogP contribution in [0.3, 0.4) is 0 Å². The fourth-order valence-corrected chi connectivity index (χ4v) is 3.12. The minimum absolute atomic E-state index is 0.179. The van der Waals surface area contributed by atoms with E-state index in [1.54, 1.807) is 0 Å². The summed E-state index contributed by atoms with van der Waals surface area (Å²) in [5.74, 6) is 1.13. The smallest absolute Gasteiger partial charge is 0.303 e. The van der Waals surface area contributed by atoms with Gasteiger partial charge in [0.05, 0.1) is 0 Å². The summed E-state index contributed by atoms with van der Waals surface area (Å²) in [6, 6.07) is 1.93. The van der Waals surface area contributed by atoms with E-state index in [1.165, 1.54) is 0 Å². The second-order valence-electron chi connectivity index (χ2n) is 5.18. The van der Waals surface area contributed by atoms with Gasteiger partial charge in [-0.2, -0.15) is 0 Å². The van der Waals surface area contributed by atoms with Crippen LogP contribution in [0.1, 0.15) is 43.7 Å². The highest BCUT2D eigenvalue weighted by molar-refractivity contribution is 9.10. The monoisotopic (exact) mass is 342 g/mol. The van der Waals surface area contributed by atoms with Crippen LogP contribution in [0, 0.1) is 0 Å². The molecule has 0 aliphatic carbocycles. The fourth-order valence-electron chi connectivity index (χ4n) is 2.50. The zero-order valence-corrected chi connectivity index (χ0v) is 13.3. The average Bonchev–Trinajstić information content (AvgIpc) is 2.38. The van der Waals surface area contributed by atoms with Gasteiger partial charge in [-0.05, 0) is 30.4 Å². The third-order valence-corrected chi connectivity index (χ3v) is 4.03. The molecule has 0 atom stereocenters. The minimum atomic E-state index is -0.759. The quantitative estimate of drug-likeness (QED) is 0.885. The molecule has 2 rings (SSSR count). The lowest BCUT2D eigenvalue weighted by Gasteiger charge is -2.26. The predicted octanol–water partition coefficient (Wildman–Crippen LogP) is 3.75. The van der Waals surface area contributed by atoms with Crippen molar-refractivity contribution < 1.29 is 19.4 Å². The predicted molar refractivity (Wildman–Crippen MR) is 79.8 cm³/mol. The van der Waals surface area contributed by atoms with Gasteiger partial charge in [0.25, 0.3) is 0 Å². The molecule has 0 amide bonds. The molecule has 0 radical (unpaired) electrons. The van der Waals surface area contributed by atoms with Crippen LogP contribution in [0.25, 0.3) is 0 Å². The van der Waals surface area contributed by atoms with Gasteiger partial charge in [0.15, 0.2) is 11.5 Å². The van der Waals surface area contributed by atoms with E-state index in [0.717, 1.165) is 33.5 Å². The van der Waals surface area contributed by atoms with E-state index in [1.807, 2.05) is 6.07 Å². The van der Waals surface area contributed by atoms with Crippen LogP contribution < -0.4 is 9.47 Å². The maximum absolute atomic E-state index is 10.7. The van der Waals surface area contributed by atoms with Gasteiger partial charge in [0.2, 0.25) is 0 Å². The van der Waals surface area contributed by atoms with E-state index < -0.39 is 5.97 Å². The Morgan fingerprint density at radius 3 is 2.75 bits per heavy atom. The highest BCUT2D eigenvalue weighted by Crippen LogP contribution is 2.44. The van der Waals surface area contributed by atoms with Crippen molar-refractivity contribution in [1.82, 2.24) is 0 Å². The number of halogens is 1. The molecule has 0 saturated heterocycles. The molecule has 1 heterocycles. The third kappa shape index (κ3) is 3.26. The van der Waals surface area contributed by atoms with Gasteiger partial charge in [-0.25, -0.2) is 0 Å². The van der Waals surface area contributed by atoms with Gasteiger partial charge in [-0.1, -0.05) is 29.8 Å². The molecule has 110 valence electrons. The van der Waals surface area contributed by atoms with E-state index >= 15 is 0 Å². The fraction of sp³-hybridized carbons (Fsp3) is 0.533. The normalized spacial score (nSPS) is 13.6. The van der Waals surface area contributed by atoms with E-state index in [2.05, 4.69) is 29.8 Å². The van der Waals surface area contributed by atoms with Crippen molar-refractivity contribution >= 4 is 21.9 Å². The SMILES string of the molecule is CC(C)c1c(CCCC(=O)O)c(Br)cc2c1OCCO2. The number of aliphatic carboxylic acids is 1. The third-order valence-electron chi connectivity index (χ3n) is 3.32. The van der Waals surface area contributed by atoms with Crippen LogP contribution in [0.5, 0.6) is 11.5 Å². The molecule has 0 saturated carbocycles. The van der Waals surface area contributed by atoms with Gasteiger partial charge >= 0.3 is 5.97 Å². The zero-order chi connectivity index (χ0) is 14.7. The highest BCUT2D eigenvalue weighted by Gasteiger charge is 2.23. The molecule has 20 heavy (non-hydrogen) atoms. The second kappa shape index (κ2) is 6.48. The van der Waals surface area contributed by atoms with Gasteiger partial charge in [0, 0.05) is 16.5 Å². The van der Waals surface area contributed by atoms with E-state index in [4.69, 9.17) is 14.6 Å². The lowest BCUT2D eigenvalue weighted by Crippen LogP contribution is -2.18. The van der Waals surface area contributed by atoms with Crippen molar-refractivity contribution in [2.24, 2.45) is 0 Å². The Labute approximate surface area is 127 Å². The van der Waals surface area contributed by atoms with Gasteiger partial charge < -0.3 is 14.6 Å². The Balaban J connectivity index is 2.36. The molecule has 5 heteroatoms. The average molecular weight is 343 g/mol. The Morgan fingerprint density at radius 2 is 2.10 bits per heavy atom. The molecule has 1 aliphatic heterocycles. The van der Waals surface area contributed by atoms with E-state index in [0.29, 0.717) is 25.6 Å². The second-order valence-corrected chi connectivity index (χ2v) is 6.03. The number of benzene rings is 1. The first-order chi connectivity index (χ1) is 9.50. The van der Waals surface area contributed by atoms with E-state index in [9.17, 15) is 4.79 Å². The number of carbonyl (C=O) groups is 1. The molecular weight excluding hydrogens is 324 g/mol. The van der Waals surface area contributed by atoms with Crippen molar-refractivity contribution in [3.05, 3.63) is 21.7 Å². The number of carboxylic acid groups (broad SMARTS) is 1. The summed E-state index contributed by atoms with van der Waals surface area (Å²) in [4.78, 5) is 10.7. The van der Waals surface area contributed by atoms with Crippen LogP contribution in [-0.2, 0) is 11.2 Å². The van der Waals surface area contributed by atoms with E-state index in [-0.39, 0.29) is 6.42 Å². The van der Waals surface area contributed by atoms with Crippen LogP contribution >= 0.6 is 15.9 Å². The Bertz CT molecular complexity index is 511. The van der Waals surface area contributed by atoms with Gasteiger partial charge in [-0.15, -0.1) is 0 Å². The molecule has 1 aromatic carbocycles. The van der Waals surface area contributed by atoms with Crippen molar-refractivity contribution in [3.8, 4) is 11.5 Å². The number of hydrogen-bond acceptors (Lipinski definition) is 3. The van der Waals surface area contributed by atoms with Crippen LogP contribution in [0.2, 0.25) is 0 Å². The Kier molecular flexibility index (Phi) is 4.91. The lowest BCUT2D eigenvalue weighted by atomic mass is 9.92. The number of rotatable bonds is 5. The molecule has 1 N–H and O–H groups in total. The molecule has 1 aromatic rings. The first kappa shape index (κ1) is 15.2. The number of ether oxygens (including phenoxy) is 2. The van der Waals surface area contributed by atoms with Gasteiger partial charge in [-0.3, -0.25) is 4.79 Å². The molecule has 0 spiro atoms. The van der Waals surface area contributed by atoms with Crippen LogP contribution in [0.4, 0.5) is 0 Å². The summed E-state index contributed by atoms with van der Waals surface area (Å²) in [7, 11) is 0. The number of carboxylic acids is 1. The molecule has 0 aromatic heterocycles. The molecule has 4 nitrogen and oxygen atoms in total. The number of hydrogen-bond donors (Lipinski definition) is 1. The summed E-state index contributed by atoms with van der Waals surface area (Å²) < 4.78 is 12.4. The topological polar surface area (TPSA) is 55.8 Å². The Morgan fingerprint density at radius 1 is 1.40 bits per heavy atom. The van der Waals surface area contributed by atoms with Crippen molar-refractivity contribution in [3.63, 3.8) is 0 Å². The first-order valence-electron chi connectivity index (χ1n) is 6.83. The van der Waals surface area contributed by atoms with Crippen molar-refractivity contribution in [2.45, 2.75) is 39.0 Å². The Hall–Kier alpha value is -1.23. The standard InChI is InChI=1S/C15H19BrO4/c1-9(2)14-10(4-3-5-13(17)18)11(16)8-12-15(14)20-7-6-19-12/h8-9H,3-7H2,1-2H3,(H,17,18). The zero-order valence-electron chi connectivity index (χ0n) is 11.7. The summed E-state index contributed by atoms with van der Waals surface area (Å²) in [6.07, 6.45) is 1.52. The van der Waals surface area contributed by atoms with Crippen molar-refractivity contribution in [1.29, 1.82) is 0 Å². The summed E-state index contributed by atoms with van der Waals surface area (Å²) in [6.45, 7) is 5.35. The summed E-state index contributed by atoms with van der Waals surface area (Å²) >= 11 is 3.58. The van der Waals surface area contributed by atoms with Crippen LogP contribution in [0.15, 0.2) is 10.5 Å². The largest absolute Gasteiger partial charge is 0.486 e. The maximum Gasteiger partial charge on any atom is 0.303 e. The van der Waals surface area contributed by atoms with Crippen molar-refractivity contribution in [2.75, 3.05) is 13.2 Å². The summed E-state index contributed by atoms with van der Waals surface area (Å²) in [5, 5.41) is 8.77.